The minimum absolute atomic E-state index is 0.201. The summed E-state index contributed by atoms with van der Waals surface area (Å²) in [7, 11) is 3.02. The van der Waals surface area contributed by atoms with Crippen LogP contribution in [0.3, 0.4) is 0 Å². The Labute approximate surface area is 142 Å². The van der Waals surface area contributed by atoms with Crippen LogP contribution in [-0.2, 0) is 10.6 Å². The first-order chi connectivity index (χ1) is 10.8. The summed E-state index contributed by atoms with van der Waals surface area (Å²) in [6.07, 6.45) is -0.387. The van der Waals surface area contributed by atoms with E-state index in [2.05, 4.69) is 22.2 Å². The molecule has 0 aliphatic rings. The predicted molar refractivity (Wildman–Crippen MR) is 95.4 cm³/mol. The van der Waals surface area contributed by atoms with Gasteiger partial charge < -0.3 is 14.8 Å². The lowest BCUT2D eigenvalue weighted by molar-refractivity contribution is 0.161. The molecule has 2 aromatic carbocycles. The number of fused-ring (bicyclic) bond motifs is 1. The number of alkyl halides is 1. The van der Waals surface area contributed by atoms with Gasteiger partial charge in [0.1, 0.15) is 5.75 Å². The minimum atomic E-state index is -0.387. The average molecular weight is 338 g/mol. The van der Waals surface area contributed by atoms with Crippen molar-refractivity contribution in [3.05, 3.63) is 42.0 Å². The Balaban J connectivity index is 0.000000257. The van der Waals surface area contributed by atoms with Gasteiger partial charge in [-0.25, -0.2) is 4.79 Å². The van der Waals surface area contributed by atoms with Crippen LogP contribution in [-0.4, -0.2) is 25.9 Å². The Morgan fingerprint density at radius 1 is 1.13 bits per heavy atom. The zero-order chi connectivity index (χ0) is 17.5. The largest absolute Gasteiger partial charge is 0.496 e. The lowest BCUT2D eigenvalue weighted by Gasteiger charge is -2.18. The molecule has 1 amide bonds. The molecular formula is C18H24ClNO3. The molecule has 126 valence electrons. The van der Waals surface area contributed by atoms with Crippen LogP contribution in [0.25, 0.3) is 10.8 Å². The summed E-state index contributed by atoms with van der Waals surface area (Å²) in [5, 5.41) is 4.97. The van der Waals surface area contributed by atoms with Crippen molar-refractivity contribution < 1.29 is 14.3 Å². The molecule has 2 aromatic rings. The number of nitrogens with one attached hydrogen (secondary N) is 1. The molecule has 0 aliphatic heterocycles. The molecular weight excluding hydrogens is 314 g/mol. The van der Waals surface area contributed by atoms with E-state index in [1.165, 1.54) is 17.9 Å². The van der Waals surface area contributed by atoms with Crippen molar-refractivity contribution in [3.8, 4) is 5.75 Å². The SMILES string of the molecule is COC(=O)NC(C)(C)C.COc1ccc2ccccc2c1CCl. The monoisotopic (exact) mass is 337 g/mol. The van der Waals surface area contributed by atoms with Gasteiger partial charge in [0.25, 0.3) is 0 Å². The molecule has 0 saturated heterocycles. The number of halogens is 1. The van der Waals surface area contributed by atoms with Gasteiger partial charge in [-0.3, -0.25) is 0 Å². The summed E-state index contributed by atoms with van der Waals surface area (Å²) in [5.74, 6) is 1.34. The van der Waals surface area contributed by atoms with E-state index in [0.717, 1.165) is 11.3 Å². The highest BCUT2D eigenvalue weighted by atomic mass is 35.5. The third kappa shape index (κ3) is 5.99. The lowest BCUT2D eigenvalue weighted by atomic mass is 10.0. The number of ether oxygens (including phenoxy) is 2. The number of rotatable bonds is 2. The molecule has 0 aromatic heterocycles. The minimum Gasteiger partial charge on any atom is -0.496 e. The molecule has 0 unspecified atom stereocenters. The first kappa shape index (κ1) is 19.1. The van der Waals surface area contributed by atoms with Crippen LogP contribution in [0.15, 0.2) is 36.4 Å². The Bertz CT molecular complexity index is 650. The summed E-state index contributed by atoms with van der Waals surface area (Å²) in [5.41, 5.74) is 0.861. The Kier molecular flexibility index (Phi) is 7.17. The second-order valence-electron chi connectivity index (χ2n) is 5.97. The zero-order valence-corrected chi connectivity index (χ0v) is 15.0. The van der Waals surface area contributed by atoms with Crippen LogP contribution < -0.4 is 10.1 Å². The smallest absolute Gasteiger partial charge is 0.407 e. The normalized spacial score (nSPS) is 10.5. The summed E-state index contributed by atoms with van der Waals surface area (Å²) in [6, 6.07) is 12.2. The van der Waals surface area contributed by atoms with E-state index < -0.39 is 0 Å². The topological polar surface area (TPSA) is 47.6 Å². The summed E-state index contributed by atoms with van der Waals surface area (Å²) >= 11 is 5.91. The van der Waals surface area contributed by atoms with Gasteiger partial charge in [0, 0.05) is 11.1 Å². The summed E-state index contributed by atoms with van der Waals surface area (Å²) < 4.78 is 9.64. The molecule has 0 bridgehead atoms. The summed E-state index contributed by atoms with van der Waals surface area (Å²) in [4.78, 5) is 10.5. The standard InChI is InChI=1S/C12H11ClO.C6H13NO2/c1-14-12-7-6-9-4-2-3-5-10(9)11(12)8-13;1-6(2,3)7-5(8)9-4/h2-7H,8H2,1H3;1-4H3,(H,7,8). The van der Waals surface area contributed by atoms with Gasteiger partial charge in [0.05, 0.1) is 20.1 Å². The fourth-order valence-corrected chi connectivity index (χ4v) is 2.28. The van der Waals surface area contributed by atoms with E-state index in [1.807, 2.05) is 45.0 Å². The van der Waals surface area contributed by atoms with Gasteiger partial charge in [-0.2, -0.15) is 0 Å². The highest BCUT2D eigenvalue weighted by Crippen LogP contribution is 2.28. The molecule has 23 heavy (non-hydrogen) atoms. The molecule has 0 atom stereocenters. The molecule has 2 rings (SSSR count). The maximum absolute atomic E-state index is 10.5. The van der Waals surface area contributed by atoms with Gasteiger partial charge in [0.15, 0.2) is 0 Å². The third-order valence-electron chi connectivity index (χ3n) is 3.01. The first-order valence-electron chi connectivity index (χ1n) is 7.29. The Morgan fingerprint density at radius 3 is 2.26 bits per heavy atom. The van der Waals surface area contributed by atoms with Gasteiger partial charge in [-0.05, 0) is 37.6 Å². The quantitative estimate of drug-likeness (QED) is 0.806. The number of hydrogen-bond donors (Lipinski definition) is 1. The van der Waals surface area contributed by atoms with Crippen LogP contribution in [0.2, 0.25) is 0 Å². The molecule has 5 heteroatoms. The van der Waals surface area contributed by atoms with E-state index >= 15 is 0 Å². The second kappa shape index (κ2) is 8.63. The van der Waals surface area contributed by atoms with Crippen molar-refractivity contribution in [1.29, 1.82) is 0 Å². The molecule has 0 aliphatic carbocycles. The van der Waals surface area contributed by atoms with E-state index in [4.69, 9.17) is 16.3 Å². The van der Waals surface area contributed by atoms with Crippen molar-refractivity contribution in [2.45, 2.75) is 32.2 Å². The Hall–Kier alpha value is -1.94. The van der Waals surface area contributed by atoms with Gasteiger partial charge in [-0.1, -0.05) is 30.3 Å². The molecule has 4 nitrogen and oxygen atoms in total. The average Bonchev–Trinajstić information content (AvgIpc) is 2.52. The molecule has 0 saturated carbocycles. The molecule has 0 fully saturated rings. The molecule has 0 spiro atoms. The number of amides is 1. The van der Waals surface area contributed by atoms with Crippen molar-refractivity contribution in [2.24, 2.45) is 0 Å². The van der Waals surface area contributed by atoms with E-state index in [-0.39, 0.29) is 11.6 Å². The number of methoxy groups -OCH3 is 2. The number of carbonyl (C=O) groups excluding carboxylic acids is 1. The van der Waals surface area contributed by atoms with Crippen LogP contribution in [0.4, 0.5) is 4.79 Å². The lowest BCUT2D eigenvalue weighted by Crippen LogP contribution is -2.40. The second-order valence-corrected chi connectivity index (χ2v) is 6.23. The maximum atomic E-state index is 10.5. The van der Waals surface area contributed by atoms with Crippen LogP contribution in [0, 0.1) is 0 Å². The van der Waals surface area contributed by atoms with E-state index in [1.54, 1.807) is 7.11 Å². The molecule has 0 radical (unpaired) electrons. The maximum Gasteiger partial charge on any atom is 0.407 e. The summed E-state index contributed by atoms with van der Waals surface area (Å²) in [6.45, 7) is 5.68. The van der Waals surface area contributed by atoms with Gasteiger partial charge in [-0.15, -0.1) is 11.6 Å². The molecule has 1 N–H and O–H groups in total. The number of benzene rings is 2. The van der Waals surface area contributed by atoms with Crippen molar-refractivity contribution in [1.82, 2.24) is 5.32 Å². The highest BCUT2D eigenvalue weighted by molar-refractivity contribution is 6.18. The number of carbonyl (C=O) groups is 1. The van der Waals surface area contributed by atoms with Crippen molar-refractivity contribution in [3.63, 3.8) is 0 Å². The van der Waals surface area contributed by atoms with E-state index in [0.29, 0.717) is 5.88 Å². The van der Waals surface area contributed by atoms with E-state index in [9.17, 15) is 4.79 Å². The highest BCUT2D eigenvalue weighted by Gasteiger charge is 2.12. The van der Waals surface area contributed by atoms with Crippen molar-refractivity contribution in [2.75, 3.05) is 14.2 Å². The van der Waals surface area contributed by atoms with Crippen LogP contribution >= 0.6 is 11.6 Å². The number of hydrogen-bond acceptors (Lipinski definition) is 3. The molecule has 0 heterocycles. The Morgan fingerprint density at radius 2 is 1.78 bits per heavy atom. The third-order valence-corrected chi connectivity index (χ3v) is 3.28. The predicted octanol–water partition coefficient (Wildman–Crippen LogP) is 4.73. The fraction of sp³-hybridized carbons (Fsp3) is 0.389. The van der Waals surface area contributed by atoms with Crippen LogP contribution in [0.1, 0.15) is 26.3 Å². The number of alkyl carbamates (subject to hydrolysis) is 1. The first-order valence-corrected chi connectivity index (χ1v) is 7.82. The van der Waals surface area contributed by atoms with Crippen molar-refractivity contribution >= 4 is 28.5 Å². The van der Waals surface area contributed by atoms with Gasteiger partial charge in [0.2, 0.25) is 0 Å². The fourth-order valence-electron chi connectivity index (χ4n) is 2.00. The van der Waals surface area contributed by atoms with Crippen LogP contribution in [0.5, 0.6) is 5.75 Å². The van der Waals surface area contributed by atoms with Gasteiger partial charge >= 0.3 is 6.09 Å². The zero-order valence-electron chi connectivity index (χ0n) is 14.3.